The fraction of sp³-hybridized carbons (Fsp3) is 0.435. The molecule has 1 aromatic carbocycles. The summed E-state index contributed by atoms with van der Waals surface area (Å²) in [5.41, 5.74) is 4.70. The minimum absolute atomic E-state index is 0.0424. The third-order valence-electron chi connectivity index (χ3n) is 6.81. The van der Waals surface area contributed by atoms with Gasteiger partial charge in [-0.25, -0.2) is 4.39 Å². The largest absolute Gasteiger partial charge is 0.350 e. The summed E-state index contributed by atoms with van der Waals surface area (Å²) in [6.07, 6.45) is 8.10. The lowest BCUT2D eigenvalue weighted by molar-refractivity contribution is 0.213. The Balaban J connectivity index is 1.52. The van der Waals surface area contributed by atoms with Crippen molar-refractivity contribution in [3.63, 3.8) is 0 Å². The van der Waals surface area contributed by atoms with Crippen LogP contribution in [0.15, 0.2) is 42.9 Å². The van der Waals surface area contributed by atoms with Gasteiger partial charge >= 0.3 is 0 Å². The Morgan fingerprint density at radius 3 is 2.86 bits per heavy atom. The number of halogens is 1. The third-order valence-corrected chi connectivity index (χ3v) is 6.81. The van der Waals surface area contributed by atoms with E-state index in [1.54, 1.807) is 6.07 Å². The minimum Gasteiger partial charge on any atom is -0.350 e. The highest BCUT2D eigenvalue weighted by atomic mass is 19.1. The Bertz CT molecular complexity index is 1020. The molecule has 1 saturated heterocycles. The van der Waals surface area contributed by atoms with Crippen LogP contribution in [0.5, 0.6) is 0 Å². The van der Waals surface area contributed by atoms with Crippen molar-refractivity contribution in [3.05, 3.63) is 65.4 Å². The zero-order valence-corrected chi connectivity index (χ0v) is 16.8. The standard InChI is InChI=1S/C23H27FN4/c1-26(2)22-14-28(21-8-7-15-5-4-6-19(24)23(15)21)13-18(22)17-12-27(3)20-9-10-25-11-16(17)20/h4-6,9-12,18,21-22H,7-8,13-14H2,1-3H3. The first-order chi connectivity index (χ1) is 13.5. The summed E-state index contributed by atoms with van der Waals surface area (Å²) < 4.78 is 16.8. The molecule has 2 aromatic heterocycles. The number of likely N-dealkylation sites (N-methyl/N-ethyl adjacent to an activating group) is 1. The first-order valence-electron chi connectivity index (χ1n) is 10.1. The monoisotopic (exact) mass is 378 g/mol. The van der Waals surface area contributed by atoms with Gasteiger partial charge in [0.15, 0.2) is 0 Å². The van der Waals surface area contributed by atoms with Crippen LogP contribution in [0.4, 0.5) is 4.39 Å². The normalized spacial score (nSPS) is 25.1. The summed E-state index contributed by atoms with van der Waals surface area (Å²) >= 11 is 0. The number of hydrogen-bond acceptors (Lipinski definition) is 3. The molecule has 0 spiro atoms. The van der Waals surface area contributed by atoms with Gasteiger partial charge < -0.3 is 9.47 Å². The molecule has 3 atom stereocenters. The van der Waals surface area contributed by atoms with Crippen LogP contribution in [0.1, 0.15) is 35.1 Å². The molecule has 0 N–H and O–H groups in total. The molecule has 0 amide bonds. The van der Waals surface area contributed by atoms with Crippen molar-refractivity contribution in [3.8, 4) is 0 Å². The molecule has 2 aliphatic rings. The fourth-order valence-electron chi connectivity index (χ4n) is 5.43. The molecule has 28 heavy (non-hydrogen) atoms. The number of hydrogen-bond donors (Lipinski definition) is 0. The number of likely N-dealkylation sites (tertiary alicyclic amines) is 1. The van der Waals surface area contributed by atoms with Gasteiger partial charge in [-0.1, -0.05) is 12.1 Å². The Hall–Kier alpha value is -2.24. The van der Waals surface area contributed by atoms with Crippen LogP contribution >= 0.6 is 0 Å². The zero-order valence-electron chi connectivity index (χ0n) is 16.8. The van der Waals surface area contributed by atoms with E-state index in [0.29, 0.717) is 12.0 Å². The molecule has 1 aliphatic carbocycles. The molecule has 4 nitrogen and oxygen atoms in total. The van der Waals surface area contributed by atoms with Crippen LogP contribution in [0.3, 0.4) is 0 Å². The first-order valence-corrected chi connectivity index (χ1v) is 10.1. The Morgan fingerprint density at radius 1 is 1.18 bits per heavy atom. The van der Waals surface area contributed by atoms with Crippen molar-refractivity contribution in [1.82, 2.24) is 19.4 Å². The number of fused-ring (bicyclic) bond motifs is 2. The van der Waals surface area contributed by atoms with Crippen molar-refractivity contribution in [2.24, 2.45) is 7.05 Å². The number of aryl methyl sites for hydroxylation is 2. The Morgan fingerprint density at radius 2 is 2.04 bits per heavy atom. The lowest BCUT2D eigenvalue weighted by Crippen LogP contribution is -2.35. The molecule has 3 heterocycles. The van der Waals surface area contributed by atoms with Crippen LogP contribution in [0, 0.1) is 5.82 Å². The molecule has 0 bridgehead atoms. The maximum absolute atomic E-state index is 14.6. The van der Waals surface area contributed by atoms with Crippen LogP contribution < -0.4 is 0 Å². The van der Waals surface area contributed by atoms with Crippen molar-refractivity contribution >= 4 is 10.9 Å². The summed E-state index contributed by atoms with van der Waals surface area (Å²) in [6.45, 7) is 1.92. The van der Waals surface area contributed by atoms with E-state index < -0.39 is 0 Å². The van der Waals surface area contributed by atoms with E-state index in [4.69, 9.17) is 0 Å². The van der Waals surface area contributed by atoms with Crippen molar-refractivity contribution < 1.29 is 4.39 Å². The van der Waals surface area contributed by atoms with Gasteiger partial charge in [0.05, 0.1) is 5.52 Å². The summed E-state index contributed by atoms with van der Waals surface area (Å²) in [5, 5.41) is 1.24. The highest BCUT2D eigenvalue weighted by Crippen LogP contribution is 2.43. The van der Waals surface area contributed by atoms with E-state index in [2.05, 4.69) is 58.8 Å². The maximum atomic E-state index is 14.6. The van der Waals surface area contributed by atoms with Crippen LogP contribution in [0.25, 0.3) is 10.9 Å². The van der Waals surface area contributed by atoms with Gasteiger partial charge in [-0.15, -0.1) is 0 Å². The highest BCUT2D eigenvalue weighted by molar-refractivity contribution is 5.83. The second-order valence-corrected chi connectivity index (χ2v) is 8.55. The number of rotatable bonds is 3. The lowest BCUT2D eigenvalue weighted by Gasteiger charge is -2.26. The minimum atomic E-state index is -0.0424. The van der Waals surface area contributed by atoms with Gasteiger partial charge in [-0.3, -0.25) is 9.88 Å². The first kappa shape index (κ1) is 17.8. The molecule has 0 radical (unpaired) electrons. The SMILES string of the molecule is CN(C)C1CN(C2CCc3cccc(F)c32)CC1c1cn(C)c2ccncc12. The van der Waals surface area contributed by atoms with E-state index in [0.717, 1.165) is 31.5 Å². The van der Waals surface area contributed by atoms with Crippen molar-refractivity contribution in [2.75, 3.05) is 27.2 Å². The smallest absolute Gasteiger partial charge is 0.128 e. The summed E-state index contributed by atoms with van der Waals surface area (Å²) in [6, 6.07) is 8.22. The summed E-state index contributed by atoms with van der Waals surface area (Å²) in [5.74, 6) is 0.345. The van der Waals surface area contributed by atoms with Crippen LogP contribution in [0.2, 0.25) is 0 Å². The highest BCUT2D eigenvalue weighted by Gasteiger charge is 2.42. The quantitative estimate of drug-likeness (QED) is 0.694. The zero-order chi connectivity index (χ0) is 19.4. The summed E-state index contributed by atoms with van der Waals surface area (Å²) in [4.78, 5) is 9.22. The molecule has 5 heteroatoms. The van der Waals surface area contributed by atoms with Gasteiger partial charge in [-0.2, -0.15) is 0 Å². The second kappa shape index (κ2) is 6.68. The average molecular weight is 378 g/mol. The number of nitrogens with zero attached hydrogens (tertiary/aromatic N) is 4. The van der Waals surface area contributed by atoms with Gasteiger partial charge in [0.1, 0.15) is 5.82 Å². The molecule has 5 rings (SSSR count). The number of aromatic nitrogens is 2. The maximum Gasteiger partial charge on any atom is 0.128 e. The van der Waals surface area contributed by atoms with E-state index >= 15 is 0 Å². The van der Waals surface area contributed by atoms with E-state index in [1.807, 2.05) is 18.5 Å². The van der Waals surface area contributed by atoms with E-state index in [-0.39, 0.29) is 11.9 Å². The average Bonchev–Trinajstić information content (AvgIpc) is 3.37. The molecule has 146 valence electrons. The lowest BCUT2D eigenvalue weighted by atomic mass is 9.94. The Labute approximate surface area is 165 Å². The number of pyridine rings is 1. The summed E-state index contributed by atoms with van der Waals surface area (Å²) in [7, 11) is 6.42. The van der Waals surface area contributed by atoms with Crippen LogP contribution in [-0.4, -0.2) is 52.6 Å². The fourth-order valence-corrected chi connectivity index (χ4v) is 5.43. The number of benzene rings is 1. The molecule has 3 aromatic rings. The molecular formula is C23H27FN4. The molecular weight excluding hydrogens is 351 g/mol. The van der Waals surface area contributed by atoms with Crippen molar-refractivity contribution in [1.29, 1.82) is 0 Å². The van der Waals surface area contributed by atoms with E-state index in [9.17, 15) is 4.39 Å². The molecule has 3 unspecified atom stereocenters. The predicted molar refractivity (Wildman–Crippen MR) is 110 cm³/mol. The van der Waals surface area contributed by atoms with Crippen LogP contribution in [-0.2, 0) is 13.5 Å². The molecule has 1 aliphatic heterocycles. The topological polar surface area (TPSA) is 24.3 Å². The van der Waals surface area contributed by atoms with E-state index in [1.165, 1.54) is 22.0 Å². The predicted octanol–water partition coefficient (Wildman–Crippen LogP) is 3.73. The Kier molecular flexibility index (Phi) is 4.25. The van der Waals surface area contributed by atoms with Gasteiger partial charge in [0.25, 0.3) is 0 Å². The van der Waals surface area contributed by atoms with Gasteiger partial charge in [-0.05, 0) is 50.2 Å². The van der Waals surface area contributed by atoms with Gasteiger partial charge in [0.2, 0.25) is 0 Å². The van der Waals surface area contributed by atoms with Gasteiger partial charge in [0, 0.05) is 67.7 Å². The molecule has 0 saturated carbocycles. The van der Waals surface area contributed by atoms with Crippen molar-refractivity contribution in [2.45, 2.75) is 30.8 Å². The third kappa shape index (κ3) is 2.68. The second-order valence-electron chi connectivity index (χ2n) is 8.55. The molecule has 1 fully saturated rings.